The molecule has 0 aliphatic rings. The summed E-state index contributed by atoms with van der Waals surface area (Å²) in [5, 5.41) is 19.4. The Kier molecular flexibility index (Phi) is 4.63. The first-order valence-corrected chi connectivity index (χ1v) is 4.37. The molecule has 0 aromatic heterocycles. The number of carbonyl (C=O) groups is 1. The Morgan fingerprint density at radius 2 is 2.12 bits per heavy atom. The molecule has 1 unspecified atom stereocenters. The summed E-state index contributed by atoms with van der Waals surface area (Å²) in [6.07, 6.45) is -0.355. The molecule has 92 valence electrons. The standard InChI is InChI=1S/C7H15N5O4/c1-7(12(15)16,3-11-6(9)10)2-4(8)5(13)14/h4H,2-3,8H2,1H3,(H,13,14)(H4,9,10,11)/t4-,7?/m1/s1. The molecular formula is C7H15N5O4. The number of nitrogens with two attached hydrogens (primary N) is 3. The minimum atomic E-state index is -1.60. The van der Waals surface area contributed by atoms with Gasteiger partial charge < -0.3 is 22.3 Å². The van der Waals surface area contributed by atoms with Crippen LogP contribution in [0.15, 0.2) is 4.99 Å². The number of aliphatic imine (C=N–C) groups is 1. The first kappa shape index (κ1) is 14.1. The zero-order chi connectivity index (χ0) is 12.9. The summed E-state index contributed by atoms with van der Waals surface area (Å²) >= 11 is 0. The largest absolute Gasteiger partial charge is 0.480 e. The molecule has 0 aliphatic heterocycles. The zero-order valence-electron chi connectivity index (χ0n) is 8.79. The number of hydrogen-bond acceptors (Lipinski definition) is 5. The molecule has 0 radical (unpaired) electrons. The van der Waals surface area contributed by atoms with Crippen LogP contribution in [0.2, 0.25) is 0 Å². The van der Waals surface area contributed by atoms with Crippen LogP contribution in [0.25, 0.3) is 0 Å². The van der Waals surface area contributed by atoms with Gasteiger partial charge in [0.15, 0.2) is 5.96 Å². The summed E-state index contributed by atoms with van der Waals surface area (Å²) in [7, 11) is 0. The molecule has 0 amide bonds. The Morgan fingerprint density at radius 1 is 1.62 bits per heavy atom. The molecule has 7 N–H and O–H groups in total. The van der Waals surface area contributed by atoms with E-state index < -0.39 is 22.5 Å². The third-order valence-electron chi connectivity index (χ3n) is 2.02. The second-order valence-electron chi connectivity index (χ2n) is 3.64. The number of guanidine groups is 1. The SMILES string of the molecule is CC(CN=C(N)N)(C[C@@H](N)C(=O)O)[N+](=O)[O-]. The van der Waals surface area contributed by atoms with Gasteiger partial charge in [-0.3, -0.25) is 14.9 Å². The summed E-state index contributed by atoms with van der Waals surface area (Å²) in [6, 6.07) is -1.33. The van der Waals surface area contributed by atoms with E-state index in [1.54, 1.807) is 0 Å². The topological polar surface area (TPSA) is 171 Å². The first-order chi connectivity index (χ1) is 7.19. The lowest BCUT2D eigenvalue weighted by Gasteiger charge is -2.20. The smallest absolute Gasteiger partial charge is 0.320 e. The number of nitro groups is 1. The number of carboxylic acids is 1. The molecule has 0 aliphatic carbocycles. The van der Waals surface area contributed by atoms with Crippen LogP contribution >= 0.6 is 0 Å². The Balaban J connectivity index is 4.77. The van der Waals surface area contributed by atoms with E-state index in [4.69, 9.17) is 22.3 Å². The van der Waals surface area contributed by atoms with Gasteiger partial charge in [0.25, 0.3) is 0 Å². The van der Waals surface area contributed by atoms with Crippen molar-refractivity contribution in [1.82, 2.24) is 0 Å². The van der Waals surface area contributed by atoms with Gasteiger partial charge in [0.05, 0.1) is 0 Å². The van der Waals surface area contributed by atoms with Gasteiger partial charge in [0, 0.05) is 18.3 Å². The van der Waals surface area contributed by atoms with Crippen molar-refractivity contribution in [2.75, 3.05) is 6.54 Å². The summed E-state index contributed by atoms with van der Waals surface area (Å²) in [5.74, 6) is -1.60. The molecule has 0 saturated heterocycles. The summed E-state index contributed by atoms with van der Waals surface area (Å²) in [4.78, 5) is 24.2. The van der Waals surface area contributed by atoms with E-state index in [1.807, 2.05) is 0 Å². The Hall–Kier alpha value is -1.90. The van der Waals surface area contributed by atoms with Crippen molar-refractivity contribution in [3.63, 3.8) is 0 Å². The van der Waals surface area contributed by atoms with E-state index in [0.717, 1.165) is 0 Å². The van der Waals surface area contributed by atoms with Crippen molar-refractivity contribution in [3.8, 4) is 0 Å². The Labute approximate surface area is 91.5 Å². The Morgan fingerprint density at radius 3 is 2.44 bits per heavy atom. The van der Waals surface area contributed by atoms with E-state index >= 15 is 0 Å². The molecule has 0 bridgehead atoms. The van der Waals surface area contributed by atoms with Crippen molar-refractivity contribution < 1.29 is 14.8 Å². The monoisotopic (exact) mass is 233 g/mol. The van der Waals surface area contributed by atoms with Crippen molar-refractivity contribution in [2.24, 2.45) is 22.2 Å². The summed E-state index contributed by atoms with van der Waals surface area (Å²) < 4.78 is 0. The molecule has 0 saturated carbocycles. The van der Waals surface area contributed by atoms with Crippen molar-refractivity contribution in [2.45, 2.75) is 24.9 Å². The maximum atomic E-state index is 10.8. The maximum Gasteiger partial charge on any atom is 0.320 e. The lowest BCUT2D eigenvalue weighted by molar-refractivity contribution is -0.563. The third kappa shape index (κ3) is 4.09. The van der Waals surface area contributed by atoms with Gasteiger partial charge in [-0.25, -0.2) is 4.99 Å². The Bertz CT molecular complexity index is 314. The normalized spacial score (nSPS) is 15.9. The van der Waals surface area contributed by atoms with Crippen LogP contribution in [0.3, 0.4) is 0 Å². The van der Waals surface area contributed by atoms with Crippen LogP contribution in [0.5, 0.6) is 0 Å². The van der Waals surface area contributed by atoms with E-state index in [2.05, 4.69) is 4.99 Å². The number of hydrogen-bond donors (Lipinski definition) is 4. The fraction of sp³-hybridized carbons (Fsp3) is 0.714. The van der Waals surface area contributed by atoms with Gasteiger partial charge in [-0.2, -0.15) is 0 Å². The second-order valence-corrected chi connectivity index (χ2v) is 3.64. The minimum Gasteiger partial charge on any atom is -0.480 e. The summed E-state index contributed by atoms with van der Waals surface area (Å²) in [5.41, 5.74) is 13.7. The average molecular weight is 233 g/mol. The number of nitrogens with zero attached hydrogens (tertiary/aromatic N) is 2. The molecule has 0 heterocycles. The molecule has 9 nitrogen and oxygen atoms in total. The van der Waals surface area contributed by atoms with Gasteiger partial charge in [-0.05, 0) is 0 Å². The second kappa shape index (κ2) is 5.26. The maximum absolute atomic E-state index is 10.8. The van der Waals surface area contributed by atoms with Gasteiger partial charge in [0.1, 0.15) is 12.6 Å². The number of aliphatic carboxylic acids is 1. The highest BCUT2D eigenvalue weighted by Gasteiger charge is 2.40. The highest BCUT2D eigenvalue weighted by Crippen LogP contribution is 2.16. The molecule has 0 spiro atoms. The van der Waals surface area contributed by atoms with Crippen molar-refractivity contribution in [1.29, 1.82) is 0 Å². The third-order valence-corrected chi connectivity index (χ3v) is 2.02. The molecule has 0 aromatic carbocycles. The van der Waals surface area contributed by atoms with Crippen LogP contribution in [-0.2, 0) is 4.79 Å². The number of rotatable bonds is 6. The molecular weight excluding hydrogens is 218 g/mol. The minimum absolute atomic E-state index is 0.294. The van der Waals surface area contributed by atoms with Crippen molar-refractivity contribution >= 4 is 11.9 Å². The molecule has 2 atom stereocenters. The highest BCUT2D eigenvalue weighted by molar-refractivity contribution is 5.75. The summed E-state index contributed by atoms with van der Waals surface area (Å²) in [6.45, 7) is 0.922. The van der Waals surface area contributed by atoms with Gasteiger partial charge in [-0.15, -0.1) is 0 Å². The molecule has 9 heteroatoms. The predicted octanol–water partition coefficient (Wildman–Crippen LogP) is -1.90. The zero-order valence-corrected chi connectivity index (χ0v) is 8.79. The first-order valence-electron chi connectivity index (χ1n) is 4.37. The molecule has 0 aromatic rings. The predicted molar refractivity (Wildman–Crippen MR) is 56.3 cm³/mol. The van der Waals surface area contributed by atoms with Crippen LogP contribution in [-0.4, -0.2) is 40.1 Å². The molecule has 16 heavy (non-hydrogen) atoms. The fourth-order valence-corrected chi connectivity index (χ4v) is 1.02. The van der Waals surface area contributed by atoms with Gasteiger partial charge in [-0.1, -0.05) is 0 Å². The van der Waals surface area contributed by atoms with E-state index in [1.165, 1.54) is 6.92 Å². The lowest BCUT2D eigenvalue weighted by Crippen LogP contribution is -2.47. The molecule has 0 fully saturated rings. The van der Waals surface area contributed by atoms with E-state index in [-0.39, 0.29) is 18.9 Å². The molecule has 0 rings (SSSR count). The van der Waals surface area contributed by atoms with Crippen LogP contribution in [0, 0.1) is 10.1 Å². The quantitative estimate of drug-likeness (QED) is 0.179. The van der Waals surface area contributed by atoms with Crippen molar-refractivity contribution in [3.05, 3.63) is 10.1 Å². The van der Waals surface area contributed by atoms with Crippen LogP contribution in [0.4, 0.5) is 0 Å². The highest BCUT2D eigenvalue weighted by atomic mass is 16.6. The average Bonchev–Trinajstić information content (AvgIpc) is 2.14. The van der Waals surface area contributed by atoms with E-state index in [9.17, 15) is 14.9 Å². The van der Waals surface area contributed by atoms with Crippen LogP contribution < -0.4 is 17.2 Å². The van der Waals surface area contributed by atoms with Crippen LogP contribution in [0.1, 0.15) is 13.3 Å². The van der Waals surface area contributed by atoms with Gasteiger partial charge >= 0.3 is 5.97 Å². The fourth-order valence-electron chi connectivity index (χ4n) is 1.02. The van der Waals surface area contributed by atoms with E-state index in [0.29, 0.717) is 0 Å². The van der Waals surface area contributed by atoms with Gasteiger partial charge in [0.2, 0.25) is 5.54 Å². The number of carboxylic acid groups (broad SMARTS) is 1. The lowest BCUT2D eigenvalue weighted by atomic mass is 9.94.